The number of ether oxygens (including phenoxy) is 3. The molecule has 0 aliphatic carbocycles. The number of rotatable bonds is 5. The fourth-order valence-corrected chi connectivity index (χ4v) is 5.62. The van der Waals surface area contributed by atoms with Crippen molar-refractivity contribution < 1.29 is 23.8 Å². The summed E-state index contributed by atoms with van der Waals surface area (Å²) in [6, 6.07) is 3.79. The molecule has 0 saturated carbocycles. The van der Waals surface area contributed by atoms with Gasteiger partial charge in [-0.05, 0) is 18.9 Å². The number of nitrogens with one attached hydrogen (secondary N) is 1. The summed E-state index contributed by atoms with van der Waals surface area (Å²) in [7, 11) is 1.95. The molecule has 3 aliphatic heterocycles. The molecule has 10 nitrogen and oxygen atoms in total. The van der Waals surface area contributed by atoms with Crippen LogP contribution < -0.4 is 10.1 Å². The molecule has 1 N–H and O–H groups in total. The Morgan fingerprint density at radius 3 is 2.81 bits per heavy atom. The molecule has 2 amide bonds. The number of carbonyl (C=O) groups excluding carboxylic acids is 2. The van der Waals surface area contributed by atoms with Crippen molar-refractivity contribution >= 4 is 28.5 Å². The number of amides is 2. The lowest BCUT2D eigenvalue weighted by atomic mass is 9.89. The Hall–Kier alpha value is -3.50. The molecule has 194 valence electrons. The second-order valence-corrected chi connectivity index (χ2v) is 10.0. The molecule has 0 radical (unpaired) electrons. The minimum Gasteiger partial charge on any atom is -0.483 e. The van der Waals surface area contributed by atoms with Gasteiger partial charge in [0.05, 0.1) is 36.3 Å². The normalized spacial score (nSPS) is 21.0. The van der Waals surface area contributed by atoms with E-state index >= 15 is 0 Å². The van der Waals surface area contributed by atoms with Crippen LogP contribution in [0.4, 0.5) is 5.82 Å². The maximum absolute atomic E-state index is 12.8. The largest absolute Gasteiger partial charge is 0.483 e. The summed E-state index contributed by atoms with van der Waals surface area (Å²) < 4.78 is 20.3. The number of carbonyl (C=O) groups is 2. The van der Waals surface area contributed by atoms with Gasteiger partial charge in [-0.1, -0.05) is 0 Å². The molecule has 2 saturated heterocycles. The van der Waals surface area contributed by atoms with Crippen LogP contribution in [0.2, 0.25) is 0 Å². The minimum absolute atomic E-state index is 0.00627. The Morgan fingerprint density at radius 2 is 2.05 bits per heavy atom. The Bertz CT molecular complexity index is 1370. The summed E-state index contributed by atoms with van der Waals surface area (Å²) >= 11 is 0. The third-order valence-corrected chi connectivity index (χ3v) is 7.50. The monoisotopic (exact) mass is 505 g/mol. The van der Waals surface area contributed by atoms with Crippen molar-refractivity contribution in [1.29, 1.82) is 0 Å². The molecule has 0 aromatic carbocycles. The van der Waals surface area contributed by atoms with E-state index < -0.39 is 5.60 Å². The minimum atomic E-state index is -0.617. The van der Waals surface area contributed by atoms with Crippen LogP contribution in [0.1, 0.15) is 37.4 Å². The quantitative estimate of drug-likeness (QED) is 0.568. The van der Waals surface area contributed by atoms with Crippen LogP contribution in [0.25, 0.3) is 22.2 Å². The summed E-state index contributed by atoms with van der Waals surface area (Å²) in [5, 5.41) is 3.67. The average Bonchev–Trinajstić information content (AvgIpc) is 3.64. The molecule has 1 unspecified atom stereocenters. The number of fused-ring (bicyclic) bond motifs is 3. The van der Waals surface area contributed by atoms with Crippen LogP contribution in [0.5, 0.6) is 5.75 Å². The summed E-state index contributed by atoms with van der Waals surface area (Å²) in [4.78, 5) is 35.8. The van der Waals surface area contributed by atoms with Crippen LogP contribution in [-0.2, 0) is 38.1 Å². The van der Waals surface area contributed by atoms with Crippen LogP contribution in [0.15, 0.2) is 24.5 Å². The highest BCUT2D eigenvalue weighted by Gasteiger charge is 2.44. The van der Waals surface area contributed by atoms with Gasteiger partial charge in [0.25, 0.3) is 5.91 Å². The molecule has 10 heteroatoms. The van der Waals surface area contributed by atoms with E-state index in [-0.39, 0.29) is 18.4 Å². The fourth-order valence-electron chi connectivity index (χ4n) is 5.62. The number of aromatic nitrogens is 3. The first-order valence-electron chi connectivity index (χ1n) is 12.8. The van der Waals surface area contributed by atoms with Gasteiger partial charge in [-0.15, -0.1) is 0 Å². The third kappa shape index (κ3) is 4.34. The van der Waals surface area contributed by atoms with E-state index in [0.29, 0.717) is 43.5 Å². The maximum Gasteiger partial charge on any atom is 0.260 e. The lowest BCUT2D eigenvalue weighted by molar-refractivity contribution is -0.132. The number of hydrogen-bond acceptors (Lipinski definition) is 7. The van der Waals surface area contributed by atoms with E-state index in [1.165, 1.54) is 6.92 Å². The average molecular weight is 506 g/mol. The van der Waals surface area contributed by atoms with Gasteiger partial charge in [-0.3, -0.25) is 9.59 Å². The predicted molar refractivity (Wildman–Crippen MR) is 136 cm³/mol. The first kappa shape index (κ1) is 23.9. The zero-order chi connectivity index (χ0) is 25.6. The van der Waals surface area contributed by atoms with Gasteiger partial charge in [0.15, 0.2) is 6.61 Å². The van der Waals surface area contributed by atoms with Gasteiger partial charge < -0.3 is 29.0 Å². The van der Waals surface area contributed by atoms with Gasteiger partial charge in [0.2, 0.25) is 5.91 Å². The van der Waals surface area contributed by atoms with E-state index in [0.717, 1.165) is 60.1 Å². The summed E-state index contributed by atoms with van der Waals surface area (Å²) in [6.45, 7) is 4.62. The molecular weight excluding hydrogens is 474 g/mol. The van der Waals surface area contributed by atoms with Crippen molar-refractivity contribution in [2.24, 2.45) is 7.05 Å². The summed E-state index contributed by atoms with van der Waals surface area (Å²) in [5.41, 5.74) is 3.69. The standard InChI is InChI=1S/C27H31N5O5/c1-17(33)29-24-11-19-20(14-31(2)22(19)13-28-24)21-12-23(36-15-25(34)32-7-3-4-8-32)18-5-9-37-27(26(18)30-21)6-10-35-16-27/h11-14H,3-10,15-16H2,1-2H3,(H,28,29,33). The van der Waals surface area contributed by atoms with E-state index in [1.807, 2.05) is 34.8 Å². The number of pyridine rings is 2. The zero-order valence-corrected chi connectivity index (χ0v) is 21.2. The topological polar surface area (TPSA) is 108 Å². The number of anilines is 1. The highest BCUT2D eigenvalue weighted by atomic mass is 16.6. The molecule has 6 rings (SSSR count). The van der Waals surface area contributed by atoms with Crippen molar-refractivity contribution in [3.05, 3.63) is 35.8 Å². The first-order chi connectivity index (χ1) is 17.9. The molecule has 0 bridgehead atoms. The smallest absolute Gasteiger partial charge is 0.260 e. The van der Waals surface area contributed by atoms with Gasteiger partial charge >= 0.3 is 0 Å². The Kier molecular flexibility index (Phi) is 6.08. The maximum atomic E-state index is 12.8. The van der Waals surface area contributed by atoms with E-state index in [4.69, 9.17) is 19.2 Å². The highest BCUT2D eigenvalue weighted by molar-refractivity contribution is 5.98. The fraction of sp³-hybridized carbons (Fsp3) is 0.481. The van der Waals surface area contributed by atoms with Gasteiger partial charge in [0.1, 0.15) is 17.2 Å². The Labute approximate surface area is 214 Å². The molecule has 3 aromatic heterocycles. The van der Waals surface area contributed by atoms with Crippen molar-refractivity contribution in [3.8, 4) is 17.0 Å². The molecule has 37 heavy (non-hydrogen) atoms. The van der Waals surface area contributed by atoms with E-state index in [2.05, 4.69) is 10.3 Å². The summed E-state index contributed by atoms with van der Waals surface area (Å²) in [5.74, 6) is 0.957. The molecule has 2 fully saturated rings. The van der Waals surface area contributed by atoms with Crippen molar-refractivity contribution in [2.75, 3.05) is 44.8 Å². The molecular formula is C27H31N5O5. The van der Waals surface area contributed by atoms with Gasteiger partial charge in [0, 0.05) is 75.3 Å². The van der Waals surface area contributed by atoms with Crippen LogP contribution >= 0.6 is 0 Å². The Balaban J connectivity index is 1.45. The van der Waals surface area contributed by atoms with E-state index in [9.17, 15) is 9.59 Å². The molecule has 1 spiro atoms. The lowest BCUT2D eigenvalue weighted by Crippen LogP contribution is -2.38. The van der Waals surface area contributed by atoms with Crippen LogP contribution in [-0.4, -0.2) is 70.8 Å². The number of hydrogen-bond donors (Lipinski definition) is 1. The van der Waals surface area contributed by atoms with E-state index in [1.54, 1.807) is 6.20 Å². The first-order valence-corrected chi connectivity index (χ1v) is 12.8. The second kappa shape index (κ2) is 9.42. The number of nitrogens with zero attached hydrogens (tertiary/aromatic N) is 4. The summed E-state index contributed by atoms with van der Waals surface area (Å²) in [6.07, 6.45) is 7.19. The lowest BCUT2D eigenvalue weighted by Gasteiger charge is -2.34. The second-order valence-electron chi connectivity index (χ2n) is 10.0. The van der Waals surface area contributed by atoms with Crippen molar-refractivity contribution in [2.45, 2.75) is 38.2 Å². The Morgan fingerprint density at radius 1 is 1.22 bits per heavy atom. The third-order valence-electron chi connectivity index (χ3n) is 7.50. The molecule has 1 atom stereocenters. The zero-order valence-electron chi connectivity index (χ0n) is 21.2. The van der Waals surface area contributed by atoms with Crippen molar-refractivity contribution in [1.82, 2.24) is 19.4 Å². The molecule has 3 aromatic rings. The molecule has 6 heterocycles. The van der Waals surface area contributed by atoms with Crippen LogP contribution in [0, 0.1) is 0 Å². The SMILES string of the molecule is CC(=O)Nc1cc2c(-c3cc(OCC(=O)N4CCCC4)c4c(n3)C3(CCOC3)OCC4)cn(C)c2cn1. The van der Waals surface area contributed by atoms with Gasteiger partial charge in [-0.25, -0.2) is 9.97 Å². The number of likely N-dealkylation sites (tertiary alicyclic amines) is 1. The number of aryl methyl sites for hydroxylation is 1. The van der Waals surface area contributed by atoms with Gasteiger partial charge in [-0.2, -0.15) is 0 Å². The van der Waals surface area contributed by atoms with Crippen LogP contribution in [0.3, 0.4) is 0 Å². The highest BCUT2D eigenvalue weighted by Crippen LogP contribution is 2.44. The van der Waals surface area contributed by atoms with Crippen molar-refractivity contribution in [3.63, 3.8) is 0 Å². The predicted octanol–water partition coefficient (Wildman–Crippen LogP) is 2.78. The molecule has 3 aliphatic rings.